The van der Waals surface area contributed by atoms with Crippen molar-refractivity contribution in [1.82, 2.24) is 4.57 Å². The Labute approximate surface area is 215 Å². The highest BCUT2D eigenvalue weighted by molar-refractivity contribution is 7.07. The highest BCUT2D eigenvalue weighted by atomic mass is 35.5. The van der Waals surface area contributed by atoms with Gasteiger partial charge in [0.2, 0.25) is 0 Å². The van der Waals surface area contributed by atoms with Crippen LogP contribution in [0.1, 0.15) is 37.9 Å². The van der Waals surface area contributed by atoms with E-state index in [1.807, 2.05) is 12.1 Å². The first-order valence-corrected chi connectivity index (χ1v) is 12.2. The number of ether oxygens (including phenoxy) is 3. The fourth-order valence-electron chi connectivity index (χ4n) is 3.91. The van der Waals surface area contributed by atoms with E-state index in [2.05, 4.69) is 4.99 Å². The van der Waals surface area contributed by atoms with Gasteiger partial charge in [0.05, 0.1) is 35.6 Å². The zero-order valence-electron chi connectivity index (χ0n) is 20.0. The van der Waals surface area contributed by atoms with E-state index in [-0.39, 0.29) is 29.2 Å². The van der Waals surface area contributed by atoms with Crippen LogP contribution in [0.3, 0.4) is 0 Å². The number of carbonyl (C=O) groups excluding carboxylic acids is 2. The number of esters is 2. The van der Waals surface area contributed by atoms with Gasteiger partial charge in [-0.2, -0.15) is 0 Å². The molecule has 0 bridgehead atoms. The van der Waals surface area contributed by atoms with Gasteiger partial charge in [-0.1, -0.05) is 41.1 Å². The Bertz CT molecular complexity index is 1550. The van der Waals surface area contributed by atoms with Gasteiger partial charge in [-0.3, -0.25) is 14.2 Å². The maximum absolute atomic E-state index is 13.6. The molecule has 1 atom stereocenters. The van der Waals surface area contributed by atoms with Gasteiger partial charge in [-0.05, 0) is 55.3 Å². The fourth-order valence-corrected chi connectivity index (χ4v) is 5.08. The summed E-state index contributed by atoms with van der Waals surface area (Å²) in [7, 11) is 1.44. The number of hydrogen-bond donors (Lipinski definition) is 0. The van der Waals surface area contributed by atoms with Crippen molar-refractivity contribution in [3.8, 4) is 11.5 Å². The lowest BCUT2D eigenvalue weighted by Crippen LogP contribution is -2.40. The van der Waals surface area contributed by atoms with E-state index in [4.69, 9.17) is 25.8 Å². The van der Waals surface area contributed by atoms with Gasteiger partial charge in [-0.25, -0.2) is 9.79 Å². The number of allylic oxidation sites excluding steroid dienone is 1. The van der Waals surface area contributed by atoms with Crippen LogP contribution in [-0.2, 0) is 14.3 Å². The summed E-state index contributed by atoms with van der Waals surface area (Å²) in [4.78, 5) is 43.2. The fraction of sp³-hybridized carbons (Fsp3) is 0.231. The van der Waals surface area contributed by atoms with E-state index in [9.17, 15) is 14.4 Å². The van der Waals surface area contributed by atoms with Gasteiger partial charge in [0.1, 0.15) is 0 Å². The molecule has 1 aromatic heterocycles. The number of nitrogens with zero attached hydrogens (tertiary/aromatic N) is 2. The molecule has 186 valence electrons. The maximum atomic E-state index is 13.6. The first-order chi connectivity index (χ1) is 17.2. The maximum Gasteiger partial charge on any atom is 0.338 e. The molecule has 2 aromatic carbocycles. The van der Waals surface area contributed by atoms with E-state index in [0.717, 1.165) is 5.56 Å². The van der Waals surface area contributed by atoms with Crippen LogP contribution in [0.25, 0.3) is 6.08 Å². The standard InChI is InChI=1S/C26H23ClN2O6S/c1-5-34-25(32)22-14(2)28-26-29(24(31)21(36-26)12-16-6-9-18(27)10-7-16)23(22)17-8-11-19(35-15(3)30)20(13-17)33-4/h6-13,23H,5H2,1-4H3/b21-12+/t23-/m0/s1. The number of hydrogen-bond acceptors (Lipinski definition) is 8. The lowest BCUT2D eigenvalue weighted by atomic mass is 9.95. The van der Waals surface area contributed by atoms with Crippen LogP contribution in [0.2, 0.25) is 5.02 Å². The van der Waals surface area contributed by atoms with Gasteiger partial charge < -0.3 is 14.2 Å². The van der Waals surface area contributed by atoms with Crippen LogP contribution < -0.4 is 24.4 Å². The first kappa shape index (κ1) is 25.4. The second kappa shape index (κ2) is 10.5. The Balaban J connectivity index is 1.94. The molecule has 0 saturated heterocycles. The molecule has 1 aliphatic heterocycles. The molecule has 3 aromatic rings. The minimum atomic E-state index is -0.826. The molecule has 0 unspecified atom stereocenters. The minimum Gasteiger partial charge on any atom is -0.493 e. The largest absolute Gasteiger partial charge is 0.493 e. The van der Waals surface area contributed by atoms with Crippen molar-refractivity contribution in [3.63, 3.8) is 0 Å². The van der Waals surface area contributed by atoms with Gasteiger partial charge in [0.15, 0.2) is 16.3 Å². The van der Waals surface area contributed by atoms with Crippen LogP contribution in [0.4, 0.5) is 0 Å². The predicted octanol–water partition coefficient (Wildman–Crippen LogP) is 3.39. The van der Waals surface area contributed by atoms with Crippen molar-refractivity contribution >= 4 is 41.0 Å². The molecule has 10 heteroatoms. The molecule has 0 aliphatic carbocycles. The van der Waals surface area contributed by atoms with Gasteiger partial charge in [0, 0.05) is 11.9 Å². The highest BCUT2D eigenvalue weighted by Crippen LogP contribution is 2.36. The lowest BCUT2D eigenvalue weighted by molar-refractivity contribution is -0.139. The number of methoxy groups -OCH3 is 1. The molecule has 0 saturated carbocycles. The Morgan fingerprint density at radius 2 is 1.89 bits per heavy atom. The van der Waals surface area contributed by atoms with Gasteiger partial charge >= 0.3 is 11.9 Å². The van der Waals surface area contributed by atoms with Crippen LogP contribution in [0, 0.1) is 0 Å². The third kappa shape index (κ3) is 4.98. The Morgan fingerprint density at radius 3 is 2.53 bits per heavy atom. The molecular formula is C26H23ClN2O6S. The molecule has 0 amide bonds. The van der Waals surface area contributed by atoms with Crippen molar-refractivity contribution in [2.24, 2.45) is 4.99 Å². The lowest BCUT2D eigenvalue weighted by Gasteiger charge is -2.25. The third-order valence-electron chi connectivity index (χ3n) is 5.44. The Kier molecular flexibility index (Phi) is 7.42. The van der Waals surface area contributed by atoms with Crippen LogP contribution in [0.15, 0.2) is 63.5 Å². The average Bonchev–Trinajstić information content (AvgIpc) is 3.14. The summed E-state index contributed by atoms with van der Waals surface area (Å²) in [6.45, 7) is 4.87. The number of halogens is 1. The third-order valence-corrected chi connectivity index (χ3v) is 6.68. The molecule has 0 N–H and O–H groups in total. The zero-order chi connectivity index (χ0) is 26.0. The second-order valence-electron chi connectivity index (χ2n) is 7.86. The van der Waals surface area contributed by atoms with Crippen molar-refractivity contribution < 1.29 is 23.8 Å². The molecule has 0 spiro atoms. The van der Waals surface area contributed by atoms with E-state index in [0.29, 0.717) is 25.6 Å². The van der Waals surface area contributed by atoms with Gasteiger partial charge in [0.25, 0.3) is 5.56 Å². The molecular weight excluding hydrogens is 504 g/mol. The highest BCUT2D eigenvalue weighted by Gasteiger charge is 2.34. The van der Waals surface area contributed by atoms with E-state index in [1.165, 1.54) is 29.9 Å². The predicted molar refractivity (Wildman–Crippen MR) is 136 cm³/mol. The first-order valence-electron chi connectivity index (χ1n) is 11.0. The van der Waals surface area contributed by atoms with Crippen LogP contribution in [0.5, 0.6) is 11.5 Å². The summed E-state index contributed by atoms with van der Waals surface area (Å²) in [5.74, 6) is -0.566. The van der Waals surface area contributed by atoms with Crippen molar-refractivity contribution in [3.05, 3.63) is 89.6 Å². The van der Waals surface area contributed by atoms with E-state index in [1.54, 1.807) is 50.3 Å². The second-order valence-corrected chi connectivity index (χ2v) is 9.30. The smallest absolute Gasteiger partial charge is 0.338 e. The van der Waals surface area contributed by atoms with Crippen LogP contribution >= 0.6 is 22.9 Å². The molecule has 4 rings (SSSR count). The molecule has 8 nitrogen and oxygen atoms in total. The number of rotatable bonds is 6. The van der Waals surface area contributed by atoms with Crippen molar-refractivity contribution in [2.45, 2.75) is 26.8 Å². The Hall–Kier alpha value is -3.69. The number of benzene rings is 2. The SMILES string of the molecule is CCOC(=O)C1=C(C)N=c2s/c(=C/c3ccc(Cl)cc3)c(=O)n2[C@H]1c1ccc(OC(C)=O)c(OC)c1. The van der Waals surface area contributed by atoms with Crippen molar-refractivity contribution in [1.29, 1.82) is 0 Å². The summed E-state index contributed by atoms with van der Waals surface area (Å²) in [6.07, 6.45) is 1.75. The zero-order valence-corrected chi connectivity index (χ0v) is 21.6. The average molecular weight is 527 g/mol. The summed E-state index contributed by atoms with van der Waals surface area (Å²) in [6, 6.07) is 11.2. The summed E-state index contributed by atoms with van der Waals surface area (Å²) >= 11 is 7.21. The molecule has 1 aliphatic rings. The number of aromatic nitrogens is 1. The van der Waals surface area contributed by atoms with Gasteiger partial charge in [-0.15, -0.1) is 0 Å². The summed E-state index contributed by atoms with van der Waals surface area (Å²) in [5.41, 5.74) is 1.75. The van der Waals surface area contributed by atoms with E-state index < -0.39 is 18.0 Å². The summed E-state index contributed by atoms with van der Waals surface area (Å²) < 4.78 is 17.9. The quantitative estimate of drug-likeness (QED) is 0.361. The number of fused-ring (bicyclic) bond motifs is 1. The monoisotopic (exact) mass is 526 g/mol. The molecule has 0 fully saturated rings. The Morgan fingerprint density at radius 1 is 1.17 bits per heavy atom. The summed E-state index contributed by atoms with van der Waals surface area (Å²) in [5, 5.41) is 0.592. The number of carbonyl (C=O) groups is 2. The van der Waals surface area contributed by atoms with Crippen molar-refractivity contribution in [2.75, 3.05) is 13.7 Å². The molecule has 2 heterocycles. The normalized spacial score (nSPS) is 15.2. The van der Waals surface area contributed by atoms with E-state index >= 15 is 0 Å². The minimum absolute atomic E-state index is 0.165. The molecule has 36 heavy (non-hydrogen) atoms. The van der Waals surface area contributed by atoms with Crippen LogP contribution in [-0.4, -0.2) is 30.2 Å². The topological polar surface area (TPSA) is 96.2 Å². The molecule has 0 radical (unpaired) electrons. The number of thiazole rings is 1.